The molecule has 2 aliphatic rings. The maximum atomic E-state index is 13.3. The van der Waals surface area contributed by atoms with Gasteiger partial charge in [-0.15, -0.1) is 37.9 Å². The fourth-order valence-corrected chi connectivity index (χ4v) is 9.31. The molecule has 2 heterocycles. The highest BCUT2D eigenvalue weighted by Crippen LogP contribution is 2.48. The van der Waals surface area contributed by atoms with Gasteiger partial charge >= 0.3 is 25.1 Å². The number of anilines is 2. The molecule has 4 atom stereocenters. The van der Waals surface area contributed by atoms with E-state index in [-0.39, 0.29) is 47.8 Å². The molecule has 0 saturated carbocycles. The highest BCUT2D eigenvalue weighted by molar-refractivity contribution is 6.33. The molecule has 0 aliphatic carbocycles. The molecule has 9 rings (SSSR count). The van der Waals surface area contributed by atoms with Crippen LogP contribution in [0.4, 0.5) is 64.1 Å². The van der Waals surface area contributed by atoms with Crippen LogP contribution >= 0.6 is 46.4 Å². The molecule has 0 aromatic heterocycles. The topological polar surface area (TPSA) is 101 Å². The molecule has 430 valence electrons. The van der Waals surface area contributed by atoms with Crippen LogP contribution in [0.3, 0.4) is 0 Å². The average Bonchev–Trinajstić information content (AvgIpc) is 3.42. The smallest absolute Gasteiger partial charge is 0.488 e. The Bertz CT molecular complexity index is 3110. The quantitative estimate of drug-likeness (QED) is 0.0704. The maximum Gasteiger partial charge on any atom is 0.573 e. The van der Waals surface area contributed by atoms with Crippen molar-refractivity contribution in [3.8, 4) is 45.3 Å². The summed E-state index contributed by atoms with van der Waals surface area (Å²) in [6.07, 6.45) is -24.8. The van der Waals surface area contributed by atoms with Gasteiger partial charge in [0.1, 0.15) is 24.7 Å². The lowest BCUT2D eigenvalue weighted by Crippen LogP contribution is -2.46. The standard InChI is InChI=1S/2C24H18ClF6NO3.C8H6Cl2O/c2*25-16-6-1-5-15(10-16)20-13-34-22-18(14-4-2-7-17(11-14)35-24(29,30)31)8-3-9-19(22)32(20)12-21(33)23(26,27)28;9-5-8(11)6-2-1-3-7(10)4-6/h2*1-11,20-21,33H,12-13H2;1-4H,5H2. The summed E-state index contributed by atoms with van der Waals surface area (Å²) in [5, 5.41) is 21.0. The van der Waals surface area contributed by atoms with Crippen molar-refractivity contribution in [2.75, 3.05) is 42.0 Å². The lowest BCUT2D eigenvalue weighted by molar-refractivity contribution is -0.275. The molecule has 0 fully saturated rings. The van der Waals surface area contributed by atoms with E-state index in [4.69, 9.17) is 55.9 Å². The van der Waals surface area contributed by atoms with Crippen LogP contribution in [0.1, 0.15) is 33.6 Å². The van der Waals surface area contributed by atoms with Gasteiger partial charge < -0.3 is 39.0 Å². The van der Waals surface area contributed by atoms with Crippen molar-refractivity contribution in [1.82, 2.24) is 0 Å². The Kier molecular flexibility index (Phi) is 19.9. The van der Waals surface area contributed by atoms with Gasteiger partial charge in [-0.25, -0.2) is 0 Å². The second-order valence-corrected chi connectivity index (χ2v) is 19.3. The number of ether oxygens (including phenoxy) is 4. The number of Topliss-reactive ketones (excluding diaryl/α,β-unsaturated/α-hetero) is 1. The van der Waals surface area contributed by atoms with Gasteiger partial charge in [0.2, 0.25) is 0 Å². The van der Waals surface area contributed by atoms with Crippen LogP contribution in [0, 0.1) is 0 Å². The molecule has 9 nitrogen and oxygen atoms in total. The Labute approximate surface area is 474 Å². The number of fused-ring (bicyclic) bond motifs is 2. The molecule has 0 saturated heterocycles. The van der Waals surface area contributed by atoms with Gasteiger partial charge in [-0.1, -0.05) is 120 Å². The number of halogens is 16. The van der Waals surface area contributed by atoms with E-state index in [1.165, 1.54) is 46.2 Å². The van der Waals surface area contributed by atoms with E-state index in [9.17, 15) is 67.7 Å². The van der Waals surface area contributed by atoms with Crippen molar-refractivity contribution in [2.24, 2.45) is 0 Å². The third kappa shape index (κ3) is 16.7. The summed E-state index contributed by atoms with van der Waals surface area (Å²) < 4.78 is 175. The Morgan fingerprint density at radius 1 is 0.519 bits per heavy atom. The zero-order valence-corrected chi connectivity index (χ0v) is 44.3. The summed E-state index contributed by atoms with van der Waals surface area (Å²) in [6, 6.07) is 38.0. The Morgan fingerprint density at radius 2 is 0.889 bits per heavy atom. The van der Waals surface area contributed by atoms with E-state index in [1.807, 2.05) is 0 Å². The first-order valence-corrected chi connectivity index (χ1v) is 25.4. The van der Waals surface area contributed by atoms with Crippen LogP contribution in [0.15, 0.2) is 158 Å². The number of hydrogen-bond acceptors (Lipinski definition) is 9. The zero-order valence-electron chi connectivity index (χ0n) is 41.2. The molecule has 81 heavy (non-hydrogen) atoms. The van der Waals surface area contributed by atoms with E-state index < -0.39 is 74.0 Å². The van der Waals surface area contributed by atoms with Gasteiger partial charge in [0.15, 0.2) is 29.5 Å². The third-order valence-corrected chi connectivity index (χ3v) is 13.1. The summed E-state index contributed by atoms with van der Waals surface area (Å²) in [5.41, 5.74) is 3.51. The number of carbonyl (C=O) groups excluding carboxylic acids is 1. The predicted octanol–water partition coefficient (Wildman–Crippen LogP) is 16.3. The van der Waals surface area contributed by atoms with Gasteiger partial charge in [-0.3, -0.25) is 4.79 Å². The SMILES string of the molecule is O=C(CCl)c1cccc(Cl)c1.OC(CN1c2cccc(-c3cccc(OC(F)(F)F)c3)c2OCC1c1cccc(Cl)c1)C(F)(F)F.OC(CN1c2cccc(-c3cccc(OC(F)(F)F)c3)c2OCC1c1cccc(Cl)c1)C(F)(F)F. The fraction of sp³-hybridized carbons (Fsp3) is 0.232. The number of alkyl halides is 13. The largest absolute Gasteiger partial charge is 0.573 e. The number of hydrogen-bond donors (Lipinski definition) is 2. The highest BCUT2D eigenvalue weighted by Gasteiger charge is 2.44. The minimum Gasteiger partial charge on any atom is -0.488 e. The number of nitrogens with zero attached hydrogens (tertiary/aromatic N) is 2. The second kappa shape index (κ2) is 26.0. The summed E-state index contributed by atoms with van der Waals surface area (Å²) >= 11 is 23.1. The molecule has 4 unspecified atom stereocenters. The van der Waals surface area contributed by atoms with Gasteiger partial charge in [0.05, 0.1) is 42.4 Å². The minimum atomic E-state index is -4.89. The average molecular weight is 1220 g/mol. The summed E-state index contributed by atoms with van der Waals surface area (Å²) in [5.74, 6) is -0.669. The molecule has 7 aromatic carbocycles. The number of β-amino-alcohol motifs (C(OH)–C–C–N with tert-alkyl or cyclic N) is 2. The van der Waals surface area contributed by atoms with E-state index in [0.717, 1.165) is 24.3 Å². The van der Waals surface area contributed by atoms with Gasteiger partial charge in [-0.05, 0) is 95.1 Å². The fourth-order valence-electron chi connectivity index (χ4n) is 8.57. The van der Waals surface area contributed by atoms with E-state index >= 15 is 0 Å². The van der Waals surface area contributed by atoms with Crippen molar-refractivity contribution in [1.29, 1.82) is 0 Å². The van der Waals surface area contributed by atoms with Crippen LogP contribution < -0.4 is 28.7 Å². The summed E-state index contributed by atoms with van der Waals surface area (Å²) in [7, 11) is 0. The number of benzene rings is 7. The summed E-state index contributed by atoms with van der Waals surface area (Å²) in [6.45, 7) is -1.77. The highest BCUT2D eigenvalue weighted by atomic mass is 35.5. The van der Waals surface area contributed by atoms with E-state index in [2.05, 4.69) is 9.47 Å². The molecular weight excluding hydrogens is 1180 g/mol. The molecule has 25 heteroatoms. The first kappa shape index (κ1) is 61.9. The van der Waals surface area contributed by atoms with Crippen molar-refractivity contribution in [2.45, 2.75) is 49.4 Å². The normalized spacial score (nSPS) is 15.9. The molecule has 0 bridgehead atoms. The number of carbonyl (C=O) groups is 1. The number of para-hydroxylation sites is 2. The third-order valence-electron chi connectivity index (χ3n) is 12.1. The van der Waals surface area contributed by atoms with E-state index in [1.54, 1.807) is 97.1 Å². The molecule has 0 radical (unpaired) electrons. The lowest BCUT2D eigenvalue weighted by atomic mass is 9.98. The van der Waals surface area contributed by atoms with Gasteiger partial charge in [-0.2, -0.15) is 26.3 Å². The lowest BCUT2D eigenvalue weighted by Gasteiger charge is -2.40. The predicted molar refractivity (Wildman–Crippen MR) is 282 cm³/mol. The van der Waals surface area contributed by atoms with Crippen molar-refractivity contribution < 1.29 is 86.6 Å². The Balaban J connectivity index is 0.000000197. The first-order chi connectivity index (χ1) is 38.1. The van der Waals surface area contributed by atoms with Crippen LogP contribution in [0.25, 0.3) is 22.3 Å². The van der Waals surface area contributed by atoms with Gasteiger partial charge in [0, 0.05) is 31.8 Å². The monoisotopic (exact) mass is 1220 g/mol. The summed E-state index contributed by atoms with van der Waals surface area (Å²) in [4.78, 5) is 13.7. The maximum absolute atomic E-state index is 13.3. The first-order valence-electron chi connectivity index (χ1n) is 23.7. The molecule has 7 aromatic rings. The van der Waals surface area contributed by atoms with Crippen LogP contribution in [0.5, 0.6) is 23.0 Å². The number of rotatable bonds is 12. The van der Waals surface area contributed by atoms with E-state index in [0.29, 0.717) is 54.0 Å². The molecule has 0 amide bonds. The minimum absolute atomic E-state index is 0.000340. The van der Waals surface area contributed by atoms with Gasteiger partial charge in [0.25, 0.3) is 0 Å². The number of aliphatic hydroxyl groups excluding tert-OH is 2. The van der Waals surface area contributed by atoms with Crippen LogP contribution in [-0.4, -0.2) is 85.5 Å². The Hall–Kier alpha value is -6.75. The van der Waals surface area contributed by atoms with Crippen molar-refractivity contribution in [3.05, 3.63) is 189 Å². The van der Waals surface area contributed by atoms with Crippen molar-refractivity contribution in [3.63, 3.8) is 0 Å². The zero-order chi connectivity index (χ0) is 59.0. The van der Waals surface area contributed by atoms with Crippen LogP contribution in [0.2, 0.25) is 15.1 Å². The molecular formula is C56H42Cl4F12N2O7. The second-order valence-electron chi connectivity index (χ2n) is 17.7. The molecule has 2 aliphatic heterocycles. The van der Waals surface area contributed by atoms with Crippen LogP contribution in [-0.2, 0) is 0 Å². The number of aliphatic hydroxyl groups is 2. The number of ketones is 1. The Morgan fingerprint density at radius 3 is 1.25 bits per heavy atom. The van der Waals surface area contributed by atoms with Crippen molar-refractivity contribution >= 4 is 63.6 Å². The molecule has 0 spiro atoms. The molecule has 2 N–H and O–H groups in total.